The summed E-state index contributed by atoms with van der Waals surface area (Å²) in [4.78, 5) is 37.9. The van der Waals surface area contributed by atoms with Crippen LogP contribution < -0.4 is 24.9 Å². The van der Waals surface area contributed by atoms with Crippen molar-refractivity contribution in [3.63, 3.8) is 0 Å². The number of aromatic amines is 1. The molecule has 2 aromatic heterocycles. The molecule has 2 fully saturated rings. The number of sulfonamides is 1. The first-order chi connectivity index (χ1) is 28.9. The van der Waals surface area contributed by atoms with Crippen molar-refractivity contribution in [1.82, 2.24) is 19.6 Å². The number of hydrogen-bond donors (Lipinski definition) is 4. The van der Waals surface area contributed by atoms with Gasteiger partial charge < -0.3 is 24.7 Å². The van der Waals surface area contributed by atoms with E-state index in [0.717, 1.165) is 80.9 Å². The highest BCUT2D eigenvalue weighted by molar-refractivity contribution is 7.90. The maximum Gasteiger partial charge on any atom is 0.277 e. The number of allylic oxidation sites excluding steroid dienone is 1. The number of benzene rings is 3. The molecule has 314 valence electrons. The van der Waals surface area contributed by atoms with Crippen molar-refractivity contribution in [2.45, 2.75) is 50.8 Å². The number of carbonyl (C=O) groups is 1. The van der Waals surface area contributed by atoms with Crippen molar-refractivity contribution in [3.05, 3.63) is 112 Å². The Morgan fingerprint density at radius 3 is 2.57 bits per heavy atom. The van der Waals surface area contributed by atoms with Crippen LogP contribution >= 0.6 is 11.6 Å². The third-order valence-electron chi connectivity index (χ3n) is 11.9. The number of halogens is 1. The Morgan fingerprint density at radius 1 is 1.02 bits per heavy atom. The number of rotatable bonds is 13. The number of nitroso groups, excluding NO2 is 1. The molecule has 13 nitrogen and oxygen atoms in total. The van der Waals surface area contributed by atoms with E-state index >= 15 is 0 Å². The quantitative estimate of drug-likeness (QED) is 0.0952. The van der Waals surface area contributed by atoms with Crippen LogP contribution in [0.3, 0.4) is 0 Å². The van der Waals surface area contributed by atoms with Crippen LogP contribution in [-0.2, 0) is 14.8 Å². The molecule has 60 heavy (non-hydrogen) atoms. The van der Waals surface area contributed by atoms with Crippen LogP contribution in [0.4, 0.5) is 17.1 Å². The molecule has 8 rings (SSSR count). The second-order valence-electron chi connectivity index (χ2n) is 16.7. The van der Waals surface area contributed by atoms with E-state index in [0.29, 0.717) is 42.8 Å². The highest BCUT2D eigenvalue weighted by atomic mass is 35.5. The number of H-pyrrole nitrogens is 1. The summed E-state index contributed by atoms with van der Waals surface area (Å²) >= 11 is 6.24. The lowest BCUT2D eigenvalue weighted by atomic mass is 9.72. The van der Waals surface area contributed by atoms with E-state index in [2.05, 4.69) is 55.8 Å². The minimum atomic E-state index is -4.40. The van der Waals surface area contributed by atoms with E-state index < -0.39 is 15.9 Å². The van der Waals surface area contributed by atoms with Gasteiger partial charge in [-0.05, 0) is 103 Å². The second kappa shape index (κ2) is 17.7. The number of aromatic nitrogens is 2. The largest absolute Gasteiger partial charge is 0.455 e. The summed E-state index contributed by atoms with van der Waals surface area (Å²) in [5, 5.41) is 6.65. The van der Waals surface area contributed by atoms with Gasteiger partial charge in [0, 0.05) is 97.0 Å². The van der Waals surface area contributed by atoms with E-state index in [1.807, 2.05) is 29.4 Å². The van der Waals surface area contributed by atoms with E-state index in [4.69, 9.17) is 21.1 Å². The van der Waals surface area contributed by atoms with Gasteiger partial charge in [-0.2, -0.15) is 0 Å². The lowest BCUT2D eigenvalue weighted by Crippen LogP contribution is -2.56. The van der Waals surface area contributed by atoms with Gasteiger partial charge in [0.05, 0.1) is 16.7 Å². The molecule has 0 saturated carbocycles. The van der Waals surface area contributed by atoms with Gasteiger partial charge in [-0.15, -0.1) is 0 Å². The van der Waals surface area contributed by atoms with Crippen molar-refractivity contribution in [2.75, 3.05) is 62.7 Å². The predicted molar refractivity (Wildman–Crippen MR) is 234 cm³/mol. The fourth-order valence-electron chi connectivity index (χ4n) is 8.35. The minimum Gasteiger partial charge on any atom is -0.455 e. The molecule has 0 spiro atoms. The number of fused-ring (bicyclic) bond motifs is 1. The molecule has 5 aromatic rings. The second-order valence-corrected chi connectivity index (χ2v) is 18.9. The SMILES string of the molecule is CC1(C)CCC(CN2CCN(c3ccc(C(=O)NS(=O)(=O)c4ccc(NCC5CCOCC5)c([NH+]=O)c4)c(Oc4cnc5[nH]ccc5c4)c3)CC2)=C(c2ccc(Cl)cc2)C1. The molecular weight excluding hydrogens is 802 g/mol. The van der Waals surface area contributed by atoms with Crippen LogP contribution in [0.2, 0.25) is 5.02 Å². The lowest BCUT2D eigenvalue weighted by Gasteiger charge is -2.39. The molecule has 0 radical (unpaired) electrons. The van der Waals surface area contributed by atoms with E-state index in [9.17, 15) is 18.1 Å². The highest BCUT2D eigenvalue weighted by Gasteiger charge is 2.30. The van der Waals surface area contributed by atoms with Crippen LogP contribution in [0.5, 0.6) is 11.5 Å². The summed E-state index contributed by atoms with van der Waals surface area (Å²) in [5.74, 6) is 0.0599. The van der Waals surface area contributed by atoms with Gasteiger partial charge in [0.2, 0.25) is 0 Å². The molecule has 0 bridgehead atoms. The molecule has 15 heteroatoms. The van der Waals surface area contributed by atoms with Crippen molar-refractivity contribution in [1.29, 1.82) is 0 Å². The monoisotopic (exact) mass is 852 g/mol. The standard InChI is InChI=1S/C45H50ClN7O6S/c1-45(2)15-11-33(39(26-45)31-3-5-34(46)6-4-31)29-52-17-19-53(20-18-52)35-7-9-38(42(24-35)59-36-23-32-12-16-47-43(32)49-28-36)44(54)51-60(56,57)37-8-10-40(41(25-37)50-55)48-27-30-13-21-58-22-14-30/h3-10,12,16,23-25,28,30,48H,11,13-15,17-22,26-27,29H2,1-2H3,(H,47,49)(H,51,54)/p+1. The van der Waals surface area contributed by atoms with Crippen LogP contribution in [0, 0.1) is 16.2 Å². The number of carbonyl (C=O) groups excluding carboxylic acids is 1. The fraction of sp³-hybridized carbons (Fsp3) is 0.378. The Kier molecular flexibility index (Phi) is 12.3. The fourth-order valence-corrected chi connectivity index (χ4v) is 9.47. The molecule has 2 aliphatic heterocycles. The lowest BCUT2D eigenvalue weighted by molar-refractivity contribution is -0.378. The van der Waals surface area contributed by atoms with Crippen LogP contribution in [-0.4, -0.2) is 81.7 Å². The number of amides is 1. The molecule has 0 atom stereocenters. The number of piperazine rings is 1. The number of hydrogen-bond acceptors (Lipinski definition) is 10. The first kappa shape index (κ1) is 41.5. The normalized spacial score (nSPS) is 17.8. The summed E-state index contributed by atoms with van der Waals surface area (Å²) in [6.07, 6.45) is 8.36. The predicted octanol–water partition coefficient (Wildman–Crippen LogP) is 7.23. The molecule has 4 N–H and O–H groups in total. The Hall–Kier alpha value is -5.28. The van der Waals surface area contributed by atoms with Crippen LogP contribution in [0.15, 0.2) is 95.7 Å². The average molecular weight is 853 g/mol. The molecule has 4 heterocycles. The van der Waals surface area contributed by atoms with E-state index in [1.54, 1.807) is 30.6 Å². The number of pyridine rings is 1. The highest BCUT2D eigenvalue weighted by Crippen LogP contribution is 2.43. The minimum absolute atomic E-state index is 0.0222. The topological polar surface area (TPSA) is 160 Å². The van der Waals surface area contributed by atoms with Crippen molar-refractivity contribution < 1.29 is 27.9 Å². The number of anilines is 2. The summed E-state index contributed by atoms with van der Waals surface area (Å²) in [6.45, 7) is 10.8. The van der Waals surface area contributed by atoms with Gasteiger partial charge in [0.1, 0.15) is 22.8 Å². The molecular formula is C45H51ClN7O6S+. The van der Waals surface area contributed by atoms with Gasteiger partial charge in [-0.1, -0.05) is 43.2 Å². The Labute approximate surface area is 355 Å². The van der Waals surface area contributed by atoms with Gasteiger partial charge in [0.25, 0.3) is 21.6 Å². The average Bonchev–Trinajstić information content (AvgIpc) is 3.72. The maximum absolute atomic E-state index is 13.9. The Balaban J connectivity index is 0.995. The first-order valence-electron chi connectivity index (χ1n) is 20.5. The molecule has 1 amide bonds. The third kappa shape index (κ3) is 9.68. The third-order valence-corrected chi connectivity index (χ3v) is 13.5. The van der Waals surface area contributed by atoms with Gasteiger partial charge >= 0.3 is 0 Å². The zero-order valence-electron chi connectivity index (χ0n) is 33.9. The van der Waals surface area contributed by atoms with E-state index in [1.165, 1.54) is 34.9 Å². The van der Waals surface area contributed by atoms with Crippen molar-refractivity contribution in [3.8, 4) is 11.5 Å². The Bertz CT molecular complexity index is 2510. The zero-order valence-corrected chi connectivity index (χ0v) is 35.5. The molecule has 3 aliphatic rings. The molecule has 1 aliphatic carbocycles. The number of ether oxygens (including phenoxy) is 2. The van der Waals surface area contributed by atoms with Crippen molar-refractivity contribution in [2.24, 2.45) is 11.3 Å². The summed E-state index contributed by atoms with van der Waals surface area (Å²) in [5.41, 5.74) is 6.46. The Morgan fingerprint density at radius 2 is 1.80 bits per heavy atom. The van der Waals surface area contributed by atoms with Gasteiger partial charge in [-0.3, -0.25) is 9.69 Å². The maximum atomic E-state index is 13.9. The molecule has 2 saturated heterocycles. The molecule has 3 aromatic carbocycles. The molecule has 0 unspecified atom stereocenters. The van der Waals surface area contributed by atoms with Gasteiger partial charge in [-0.25, -0.2) is 18.1 Å². The van der Waals surface area contributed by atoms with Crippen LogP contribution in [0.25, 0.3) is 16.6 Å². The number of nitrogens with zero attached hydrogens (tertiary/aromatic N) is 3. The first-order valence-corrected chi connectivity index (χ1v) is 22.4. The van der Waals surface area contributed by atoms with Gasteiger partial charge in [0.15, 0.2) is 0 Å². The van der Waals surface area contributed by atoms with Crippen LogP contribution in [0.1, 0.15) is 61.9 Å². The summed E-state index contributed by atoms with van der Waals surface area (Å²) < 4.78 is 41.3. The summed E-state index contributed by atoms with van der Waals surface area (Å²) in [6, 6.07) is 21.2. The van der Waals surface area contributed by atoms with E-state index in [-0.39, 0.29) is 27.3 Å². The number of nitrogens with one attached hydrogen (secondary N) is 4. The zero-order chi connectivity index (χ0) is 41.9. The summed E-state index contributed by atoms with van der Waals surface area (Å²) in [7, 11) is -4.40. The van der Waals surface area contributed by atoms with Crippen molar-refractivity contribution >= 4 is 61.2 Å². The smallest absolute Gasteiger partial charge is 0.277 e.